The third-order valence-electron chi connectivity index (χ3n) is 12.4. The van der Waals surface area contributed by atoms with Gasteiger partial charge in [0.15, 0.2) is 0 Å². The summed E-state index contributed by atoms with van der Waals surface area (Å²) in [5, 5.41) is 0. The van der Waals surface area contributed by atoms with E-state index >= 15 is 0 Å². The number of nitrogens with one attached hydrogen (secondary N) is 2. The van der Waals surface area contributed by atoms with Crippen molar-refractivity contribution >= 4 is 23.6 Å². The van der Waals surface area contributed by atoms with Crippen LogP contribution in [0, 0.1) is 11.8 Å². The van der Waals surface area contributed by atoms with Gasteiger partial charge in [0, 0.05) is 92.7 Å². The summed E-state index contributed by atoms with van der Waals surface area (Å²) in [5.74, 6) is 1.78. The van der Waals surface area contributed by atoms with E-state index < -0.39 is 23.6 Å². The van der Waals surface area contributed by atoms with Crippen LogP contribution in [0.25, 0.3) is 0 Å². The van der Waals surface area contributed by atoms with Gasteiger partial charge in [-0.25, -0.2) is 0 Å². The van der Waals surface area contributed by atoms with Gasteiger partial charge in [0.05, 0.1) is 7.05 Å². The van der Waals surface area contributed by atoms with Crippen molar-refractivity contribution in [1.82, 2.24) is 42.2 Å². The Balaban J connectivity index is 1.38. The second kappa shape index (κ2) is 14.4. The largest absolute Gasteiger partial charge is 0.382 e. The molecule has 0 aromatic heterocycles. The molecule has 0 spiro atoms. The summed E-state index contributed by atoms with van der Waals surface area (Å²) in [6, 6.07) is 0. The summed E-state index contributed by atoms with van der Waals surface area (Å²) in [5.41, 5.74) is 0. The maximum absolute atomic E-state index is 4.94. The van der Waals surface area contributed by atoms with Gasteiger partial charge in [0.25, 0.3) is 0 Å². The number of rotatable bonds is 9. The van der Waals surface area contributed by atoms with Gasteiger partial charge < -0.3 is 0 Å². The molecule has 252 valence electrons. The highest BCUT2D eigenvalue weighted by molar-refractivity contribution is 7.96. The minimum Gasteiger partial charge on any atom is -0.128 e. The van der Waals surface area contributed by atoms with Crippen LogP contribution in [-0.4, -0.2) is 118 Å². The maximum Gasteiger partial charge on any atom is 0.382 e. The topological polar surface area (TPSA) is 46.7 Å². The quantitative estimate of drug-likeness (QED) is 0.249. The van der Waals surface area contributed by atoms with E-state index in [1.54, 1.807) is 0 Å². The van der Waals surface area contributed by atoms with Gasteiger partial charge in [-0.3, -0.25) is 0 Å². The number of unbranched alkanes of at least 4 members (excludes halogenated alkanes) is 1. The van der Waals surface area contributed by atoms with Crippen molar-refractivity contribution in [2.24, 2.45) is 11.8 Å². The van der Waals surface area contributed by atoms with E-state index in [-0.39, 0.29) is 0 Å². The van der Waals surface area contributed by atoms with Crippen LogP contribution in [0.1, 0.15) is 110 Å². The Hall–Kier alpha value is 0.930. The zero-order valence-corrected chi connectivity index (χ0v) is 31.4. The summed E-state index contributed by atoms with van der Waals surface area (Å²) in [6.07, 6.45) is 20.6. The van der Waals surface area contributed by atoms with Crippen LogP contribution in [0.4, 0.5) is 0 Å². The summed E-state index contributed by atoms with van der Waals surface area (Å²) in [4.78, 5) is 9.85. The number of piperidine rings is 2. The molecule has 7 aliphatic heterocycles. The highest BCUT2D eigenvalue weighted by Crippen LogP contribution is 2.91. The van der Waals surface area contributed by atoms with E-state index in [0.717, 1.165) is 11.8 Å². The lowest BCUT2D eigenvalue weighted by atomic mass is 9.93. The van der Waals surface area contributed by atoms with Gasteiger partial charge in [-0.05, 0) is 88.9 Å². The molecule has 0 aromatic carbocycles. The summed E-state index contributed by atoms with van der Waals surface area (Å²) >= 11 is 0. The molecule has 7 heterocycles. The molecule has 2 N–H and O–H groups in total. The third kappa shape index (κ3) is 5.92. The molecule has 9 nitrogen and oxygen atoms in total. The van der Waals surface area contributed by atoms with Crippen molar-refractivity contribution < 1.29 is 0 Å². The Morgan fingerprint density at radius 2 is 0.886 bits per heavy atom. The van der Waals surface area contributed by atoms with Gasteiger partial charge in [-0.15, -0.1) is 28.0 Å². The smallest absolute Gasteiger partial charge is 0.128 e. The second-order valence-corrected chi connectivity index (χ2v) is 25.2. The van der Waals surface area contributed by atoms with E-state index in [1.165, 1.54) is 175 Å². The second-order valence-electron chi connectivity index (χ2n) is 15.2. The lowest BCUT2D eigenvalue weighted by Gasteiger charge is -2.56. The first-order valence-corrected chi connectivity index (χ1v) is 24.1. The molecule has 0 saturated carbocycles. The summed E-state index contributed by atoms with van der Waals surface area (Å²) in [7, 11) is -3.39. The number of nitrogens with zero attached hydrogens (tertiary/aromatic N) is 7. The maximum atomic E-state index is 4.94. The van der Waals surface area contributed by atoms with Crippen molar-refractivity contribution in [1.29, 1.82) is 0 Å². The molecule has 0 aliphatic carbocycles. The van der Waals surface area contributed by atoms with Gasteiger partial charge in [-0.2, -0.15) is 0 Å². The van der Waals surface area contributed by atoms with Crippen LogP contribution in [0.3, 0.4) is 0 Å². The minimum absolute atomic E-state index is 0.856. The summed E-state index contributed by atoms with van der Waals surface area (Å²) < 4.78 is 21.6. The van der Waals surface area contributed by atoms with Crippen LogP contribution >= 0.6 is 23.6 Å². The monoisotopic (exact) mass is 670 g/mol. The zero-order valence-electron chi connectivity index (χ0n) is 28.7. The standard InChI is InChI=1S/C32H67N9P3/c1-4-5-14-32-17-29-41(30-18-32)44(40-25-12-13-26-40)34-42(36-19-6-7-20-36,37-27-15-31(2)16-28-37)33-43(35(44)3,38-21-8-9-22-38)39-23-10-11-24-39/h31-34H,4-30H2,1-3H3/q+3. The van der Waals surface area contributed by atoms with E-state index in [9.17, 15) is 0 Å². The molecule has 7 rings (SSSR count). The van der Waals surface area contributed by atoms with E-state index in [0.29, 0.717) is 0 Å². The first-order chi connectivity index (χ1) is 21.5. The minimum atomic E-state index is -2.02. The molecule has 2 atom stereocenters. The lowest BCUT2D eigenvalue weighted by molar-refractivity contribution is 0.237. The van der Waals surface area contributed by atoms with Crippen LogP contribution < -0.4 is 9.72 Å². The Morgan fingerprint density at radius 1 is 0.523 bits per heavy atom. The highest BCUT2D eigenvalue weighted by atomic mass is 31.3. The first kappa shape index (κ1) is 33.4. The third-order valence-corrected chi connectivity index (χ3v) is 27.1. The van der Waals surface area contributed by atoms with Crippen LogP contribution in [0.5, 0.6) is 0 Å². The molecule has 7 aliphatic rings. The van der Waals surface area contributed by atoms with Gasteiger partial charge >= 0.3 is 23.6 Å². The van der Waals surface area contributed by atoms with E-state index in [2.05, 4.69) is 53.4 Å². The Bertz CT molecular complexity index is 908. The van der Waals surface area contributed by atoms with Crippen LogP contribution in [-0.2, 0) is 0 Å². The molecule has 12 heteroatoms. The predicted octanol–water partition coefficient (Wildman–Crippen LogP) is 7.16. The van der Waals surface area contributed by atoms with Gasteiger partial charge in [0.1, 0.15) is 0 Å². The van der Waals surface area contributed by atoms with Crippen molar-refractivity contribution in [2.45, 2.75) is 110 Å². The molecule has 7 saturated heterocycles. The highest BCUT2D eigenvalue weighted by Gasteiger charge is 2.86. The normalized spacial score (nSPS) is 37.2. The van der Waals surface area contributed by atoms with Crippen LogP contribution in [0.2, 0.25) is 0 Å². The molecule has 0 radical (unpaired) electrons. The van der Waals surface area contributed by atoms with Gasteiger partial charge in [-0.1, -0.05) is 33.1 Å². The molecule has 0 amide bonds. The molecule has 44 heavy (non-hydrogen) atoms. The molecule has 0 bridgehead atoms. The fourth-order valence-corrected chi connectivity index (χ4v) is 29.3. The zero-order chi connectivity index (χ0) is 30.2. The summed E-state index contributed by atoms with van der Waals surface area (Å²) in [6.45, 7) is 20.2. The average Bonchev–Trinajstić information content (AvgIpc) is 3.90. The molecular formula is C32H67N9P3+3. The Labute approximate surface area is 272 Å². The Kier molecular flexibility index (Phi) is 11.0. The number of hydrogen-bond acceptors (Lipinski definition) is 9. The first-order valence-electron chi connectivity index (χ1n) is 19.1. The average molecular weight is 671 g/mol. The lowest BCUT2D eigenvalue weighted by Crippen LogP contribution is -2.65. The van der Waals surface area contributed by atoms with Gasteiger partial charge in [0.2, 0.25) is 0 Å². The van der Waals surface area contributed by atoms with Crippen LogP contribution in [0.15, 0.2) is 0 Å². The molecular weight excluding hydrogens is 603 g/mol. The molecule has 7 fully saturated rings. The number of hydrogen-bond donors (Lipinski definition) is 2. The molecule has 0 aromatic rings. The molecule has 2 unspecified atom stereocenters. The SMILES string of the molecule is CCCCC1CCN([P+]2(N3CCCC3)N[P+](N3CCCC3)(N3CCC(C)CC3)N[P+](N3CCCC3)(N3CCCC3)N2C)CC1. The van der Waals surface area contributed by atoms with Crippen molar-refractivity contribution in [2.75, 3.05) is 85.6 Å². The Morgan fingerprint density at radius 3 is 1.32 bits per heavy atom. The van der Waals surface area contributed by atoms with Crippen molar-refractivity contribution in [3.63, 3.8) is 0 Å². The van der Waals surface area contributed by atoms with Crippen molar-refractivity contribution in [3.8, 4) is 0 Å². The van der Waals surface area contributed by atoms with Crippen molar-refractivity contribution in [3.05, 3.63) is 0 Å². The fourth-order valence-electron chi connectivity index (χ4n) is 9.67. The fraction of sp³-hybridized carbons (Fsp3) is 1.00. The van der Waals surface area contributed by atoms with E-state index in [1.807, 2.05) is 0 Å². The van der Waals surface area contributed by atoms with E-state index in [4.69, 9.17) is 9.72 Å². The predicted molar refractivity (Wildman–Crippen MR) is 192 cm³/mol.